The maximum atomic E-state index is 13.0. The Morgan fingerprint density at radius 1 is 0.850 bits per heavy atom. The third-order valence-corrected chi connectivity index (χ3v) is 6.73. The van der Waals surface area contributed by atoms with Crippen LogP contribution in [0.4, 0.5) is 0 Å². The van der Waals surface area contributed by atoms with Crippen molar-refractivity contribution in [2.24, 2.45) is 11.7 Å². The first-order chi connectivity index (χ1) is 19.2. The summed E-state index contributed by atoms with van der Waals surface area (Å²) in [4.78, 5) is 49.5. The van der Waals surface area contributed by atoms with Crippen LogP contribution in [0, 0.1) is 5.92 Å². The van der Waals surface area contributed by atoms with Gasteiger partial charge in [0.05, 0.1) is 18.2 Å². The number of carbonyl (C=O) groups is 4. The van der Waals surface area contributed by atoms with Gasteiger partial charge in [0.25, 0.3) is 0 Å². The molecule has 8 nitrogen and oxygen atoms in total. The van der Waals surface area contributed by atoms with E-state index in [1.807, 2.05) is 67.6 Å². The number of Topliss-reactive ketones (excluding diaryl/α,β-unsaturated/α-hetero) is 1. The Morgan fingerprint density at radius 2 is 1.48 bits per heavy atom. The molecule has 3 rings (SSSR count). The summed E-state index contributed by atoms with van der Waals surface area (Å²) >= 11 is 0. The van der Waals surface area contributed by atoms with Crippen LogP contribution in [-0.2, 0) is 33.8 Å². The molecule has 40 heavy (non-hydrogen) atoms. The average Bonchev–Trinajstić information content (AvgIpc) is 2.95. The maximum absolute atomic E-state index is 13.0. The second-order valence-corrected chi connectivity index (χ2v) is 9.94. The number of hydrogen-bond donors (Lipinski definition) is 3. The van der Waals surface area contributed by atoms with Crippen LogP contribution in [-0.4, -0.2) is 41.3 Å². The van der Waals surface area contributed by atoms with Gasteiger partial charge in [0.2, 0.25) is 11.8 Å². The summed E-state index contributed by atoms with van der Waals surface area (Å²) < 4.78 is 5.64. The van der Waals surface area contributed by atoms with E-state index < -0.39 is 17.9 Å². The number of ketones is 1. The summed E-state index contributed by atoms with van der Waals surface area (Å²) in [6.45, 7) is 2.06. The van der Waals surface area contributed by atoms with Gasteiger partial charge in [-0.25, -0.2) is 4.79 Å². The summed E-state index contributed by atoms with van der Waals surface area (Å²) in [6, 6.07) is 23.0. The van der Waals surface area contributed by atoms with Gasteiger partial charge in [-0.3, -0.25) is 14.4 Å². The third-order valence-electron chi connectivity index (χ3n) is 6.73. The van der Waals surface area contributed by atoms with Crippen LogP contribution in [0.3, 0.4) is 0 Å². The second-order valence-electron chi connectivity index (χ2n) is 9.94. The number of rotatable bonds is 16. The van der Waals surface area contributed by atoms with Crippen LogP contribution in [0.5, 0.6) is 0 Å². The fourth-order valence-corrected chi connectivity index (χ4v) is 4.55. The molecule has 0 spiro atoms. The Hall–Kier alpha value is -4.30. The van der Waals surface area contributed by atoms with E-state index in [1.54, 1.807) is 0 Å². The van der Waals surface area contributed by atoms with Crippen molar-refractivity contribution in [1.29, 1.82) is 0 Å². The number of primary amides is 1. The second kappa shape index (κ2) is 15.3. The van der Waals surface area contributed by atoms with Crippen molar-refractivity contribution in [3.8, 4) is 0 Å². The topological polar surface area (TPSA) is 136 Å². The molecule has 2 amide bonds. The Balaban J connectivity index is 1.59. The van der Waals surface area contributed by atoms with Crippen LogP contribution >= 0.6 is 0 Å². The molecular weight excluding hydrogens is 508 g/mol. The number of carboxylic acids is 1. The van der Waals surface area contributed by atoms with E-state index in [4.69, 9.17) is 10.5 Å². The molecule has 0 aromatic heterocycles. The molecule has 0 fully saturated rings. The number of aromatic carboxylic acids is 1. The van der Waals surface area contributed by atoms with E-state index in [0.717, 1.165) is 11.1 Å². The van der Waals surface area contributed by atoms with E-state index in [-0.39, 0.29) is 48.2 Å². The van der Waals surface area contributed by atoms with Crippen LogP contribution in [0.1, 0.15) is 63.6 Å². The minimum Gasteiger partial charge on any atom is -0.478 e. The normalized spacial score (nSPS) is 12.3. The highest BCUT2D eigenvalue weighted by Gasteiger charge is 2.23. The Morgan fingerprint density at radius 3 is 2.10 bits per heavy atom. The molecule has 4 N–H and O–H groups in total. The summed E-state index contributed by atoms with van der Waals surface area (Å²) in [5.41, 5.74) is 8.04. The van der Waals surface area contributed by atoms with Crippen molar-refractivity contribution >= 4 is 23.6 Å². The highest BCUT2D eigenvalue weighted by Crippen LogP contribution is 2.22. The number of amides is 2. The highest BCUT2D eigenvalue weighted by molar-refractivity contribution is 5.99. The molecule has 0 bridgehead atoms. The molecule has 0 aliphatic heterocycles. The molecule has 0 radical (unpaired) electrons. The zero-order valence-electron chi connectivity index (χ0n) is 22.7. The first kappa shape index (κ1) is 30.2. The van der Waals surface area contributed by atoms with Crippen LogP contribution in [0.25, 0.3) is 0 Å². The van der Waals surface area contributed by atoms with Crippen molar-refractivity contribution in [2.75, 3.05) is 6.61 Å². The molecule has 0 aliphatic rings. The molecule has 0 saturated carbocycles. The lowest BCUT2D eigenvalue weighted by molar-refractivity contribution is -0.131. The molecule has 0 saturated heterocycles. The van der Waals surface area contributed by atoms with Gasteiger partial charge in [0.15, 0.2) is 5.78 Å². The number of hydrogen-bond acceptors (Lipinski definition) is 5. The number of benzene rings is 3. The minimum atomic E-state index is -1.14. The molecular formula is C32H36N2O6. The van der Waals surface area contributed by atoms with Gasteiger partial charge < -0.3 is 20.9 Å². The third kappa shape index (κ3) is 9.47. The smallest absolute Gasteiger partial charge is 0.335 e. The average molecular weight is 545 g/mol. The summed E-state index contributed by atoms with van der Waals surface area (Å²) in [7, 11) is 0. The monoisotopic (exact) mass is 544 g/mol. The fourth-order valence-electron chi connectivity index (χ4n) is 4.55. The molecule has 210 valence electrons. The number of carboxylic acid groups (broad SMARTS) is 1. The van der Waals surface area contributed by atoms with Gasteiger partial charge in [0, 0.05) is 12.0 Å². The van der Waals surface area contributed by atoms with Gasteiger partial charge >= 0.3 is 5.97 Å². The van der Waals surface area contributed by atoms with E-state index >= 15 is 0 Å². The zero-order valence-corrected chi connectivity index (χ0v) is 22.7. The largest absolute Gasteiger partial charge is 0.478 e. The van der Waals surface area contributed by atoms with Gasteiger partial charge in [0.1, 0.15) is 6.61 Å². The van der Waals surface area contributed by atoms with Crippen LogP contribution in [0.2, 0.25) is 0 Å². The zero-order chi connectivity index (χ0) is 28.9. The summed E-state index contributed by atoms with van der Waals surface area (Å²) in [5.74, 6) is -2.43. The Bertz CT molecular complexity index is 1260. The molecule has 0 heterocycles. The van der Waals surface area contributed by atoms with Crippen LogP contribution in [0.15, 0.2) is 78.9 Å². The van der Waals surface area contributed by atoms with Gasteiger partial charge in [-0.05, 0) is 60.4 Å². The number of aryl methyl sites for hydroxylation is 1. The Labute approximate surface area is 234 Å². The maximum Gasteiger partial charge on any atom is 0.335 e. The van der Waals surface area contributed by atoms with Gasteiger partial charge in [-0.2, -0.15) is 0 Å². The predicted molar refractivity (Wildman–Crippen MR) is 152 cm³/mol. The minimum absolute atomic E-state index is 0.0228. The van der Waals surface area contributed by atoms with Gasteiger partial charge in [-0.15, -0.1) is 0 Å². The number of nitrogens with one attached hydrogen (secondary N) is 1. The van der Waals surface area contributed by atoms with E-state index in [0.29, 0.717) is 31.4 Å². The van der Waals surface area contributed by atoms with Crippen LogP contribution < -0.4 is 11.1 Å². The number of carbonyl (C=O) groups excluding carboxylic acids is 3. The predicted octanol–water partition coefficient (Wildman–Crippen LogP) is 4.35. The lowest BCUT2D eigenvalue weighted by Gasteiger charge is -2.19. The van der Waals surface area contributed by atoms with Crippen molar-refractivity contribution in [3.63, 3.8) is 0 Å². The molecule has 2 atom stereocenters. The first-order valence-corrected chi connectivity index (χ1v) is 13.4. The Kier molecular flexibility index (Phi) is 11.6. The molecule has 0 aliphatic carbocycles. The van der Waals surface area contributed by atoms with Crippen molar-refractivity contribution in [1.82, 2.24) is 5.32 Å². The lowest BCUT2D eigenvalue weighted by atomic mass is 9.89. The van der Waals surface area contributed by atoms with Crippen molar-refractivity contribution < 1.29 is 29.0 Å². The molecule has 0 unspecified atom stereocenters. The SMILES string of the molecule is C[C@@H](CCC(=O)N[C@@H](CCc1ccccc1)C(=O)COCc1ccccc1)Cc1c(C(N)=O)cccc1C(=O)O. The first-order valence-electron chi connectivity index (χ1n) is 13.4. The molecule has 8 heteroatoms. The fraction of sp³-hybridized carbons (Fsp3) is 0.312. The highest BCUT2D eigenvalue weighted by atomic mass is 16.5. The van der Waals surface area contributed by atoms with Gasteiger partial charge in [-0.1, -0.05) is 73.7 Å². The quantitative estimate of drug-likeness (QED) is 0.245. The molecule has 3 aromatic carbocycles. The molecule has 3 aromatic rings. The van der Waals surface area contributed by atoms with E-state index in [1.165, 1.54) is 18.2 Å². The number of ether oxygens (including phenoxy) is 1. The van der Waals surface area contributed by atoms with Crippen molar-refractivity contribution in [3.05, 3.63) is 107 Å². The summed E-state index contributed by atoms with van der Waals surface area (Å²) in [5, 5.41) is 12.4. The number of nitrogens with two attached hydrogens (primary N) is 1. The standard InChI is InChI=1S/C32H36N2O6/c1-22(19-27-25(31(33)37)13-8-14-26(27)32(38)39)15-18-30(36)34-28(17-16-23-9-4-2-5-10-23)29(35)21-40-20-24-11-6-3-7-12-24/h2-14,22,28H,15-21H2,1H3,(H2,33,37)(H,34,36)(H,38,39)/t22-,28-/m0/s1. The van der Waals surface area contributed by atoms with E-state index in [2.05, 4.69) is 5.32 Å². The van der Waals surface area contributed by atoms with E-state index in [9.17, 15) is 24.3 Å². The summed E-state index contributed by atoms with van der Waals surface area (Å²) in [6.07, 6.45) is 1.91. The lowest BCUT2D eigenvalue weighted by Crippen LogP contribution is -2.43. The van der Waals surface area contributed by atoms with Crippen molar-refractivity contribution in [2.45, 2.75) is 51.7 Å².